The predicted octanol–water partition coefficient (Wildman–Crippen LogP) is 4.40. The molecule has 1 fully saturated rings. The molecule has 0 aliphatic heterocycles. The Morgan fingerprint density at radius 2 is 1.95 bits per heavy atom. The number of para-hydroxylation sites is 1. The summed E-state index contributed by atoms with van der Waals surface area (Å²) < 4.78 is 1.12. The lowest BCUT2D eigenvalue weighted by atomic mass is 9.72. The van der Waals surface area contributed by atoms with E-state index < -0.39 is 0 Å². The predicted molar refractivity (Wildman–Crippen MR) is 86.3 cm³/mol. The molecular weight excluding hydrogens is 300 g/mol. The Labute approximate surface area is 125 Å². The first-order valence-electron chi connectivity index (χ1n) is 7.29. The lowest BCUT2D eigenvalue weighted by Gasteiger charge is -2.42. The highest BCUT2D eigenvalue weighted by Gasteiger charge is 2.35. The van der Waals surface area contributed by atoms with Gasteiger partial charge in [0.2, 0.25) is 0 Å². The standard InChI is InChI=1S/C16H25BrN2/c1-12(2)13-7-9-16(11-18,10-8-13)19-15-6-4-3-5-14(15)17/h3-6,12-13,19H,7-11,18H2,1-2H3. The second-order valence-corrected chi connectivity index (χ2v) is 7.03. The van der Waals surface area contributed by atoms with E-state index in [9.17, 15) is 0 Å². The quantitative estimate of drug-likeness (QED) is 0.861. The van der Waals surface area contributed by atoms with Crippen molar-refractivity contribution < 1.29 is 0 Å². The average molecular weight is 325 g/mol. The van der Waals surface area contributed by atoms with Gasteiger partial charge in [-0.1, -0.05) is 26.0 Å². The van der Waals surface area contributed by atoms with Gasteiger partial charge in [-0.3, -0.25) is 0 Å². The zero-order chi connectivity index (χ0) is 13.9. The van der Waals surface area contributed by atoms with Gasteiger partial charge in [-0.2, -0.15) is 0 Å². The van der Waals surface area contributed by atoms with Gasteiger partial charge < -0.3 is 11.1 Å². The van der Waals surface area contributed by atoms with Crippen molar-refractivity contribution >= 4 is 21.6 Å². The van der Waals surface area contributed by atoms with Crippen LogP contribution in [0.1, 0.15) is 39.5 Å². The van der Waals surface area contributed by atoms with Crippen LogP contribution < -0.4 is 11.1 Å². The summed E-state index contributed by atoms with van der Waals surface area (Å²) in [4.78, 5) is 0. The first-order valence-corrected chi connectivity index (χ1v) is 8.08. The van der Waals surface area contributed by atoms with E-state index >= 15 is 0 Å². The van der Waals surface area contributed by atoms with Crippen LogP contribution in [-0.4, -0.2) is 12.1 Å². The van der Waals surface area contributed by atoms with Gasteiger partial charge in [0.1, 0.15) is 0 Å². The largest absolute Gasteiger partial charge is 0.377 e. The summed E-state index contributed by atoms with van der Waals surface area (Å²) in [7, 11) is 0. The normalized spacial score (nSPS) is 27.5. The van der Waals surface area contributed by atoms with Crippen LogP contribution in [0.4, 0.5) is 5.69 Å². The van der Waals surface area contributed by atoms with E-state index in [0.29, 0.717) is 6.54 Å². The number of halogens is 1. The minimum absolute atomic E-state index is 0.0786. The van der Waals surface area contributed by atoms with Crippen LogP contribution in [0, 0.1) is 11.8 Å². The molecule has 0 unspecified atom stereocenters. The van der Waals surface area contributed by atoms with Gasteiger partial charge >= 0.3 is 0 Å². The maximum absolute atomic E-state index is 6.08. The minimum atomic E-state index is 0.0786. The molecule has 0 saturated heterocycles. The molecule has 0 heterocycles. The molecule has 1 aromatic carbocycles. The second kappa shape index (κ2) is 6.27. The van der Waals surface area contributed by atoms with E-state index in [-0.39, 0.29) is 5.54 Å². The molecule has 1 saturated carbocycles. The number of anilines is 1. The third kappa shape index (κ3) is 3.51. The number of nitrogens with two attached hydrogens (primary N) is 1. The Balaban J connectivity index is 2.07. The summed E-state index contributed by atoms with van der Waals surface area (Å²) >= 11 is 3.61. The Morgan fingerprint density at radius 3 is 2.47 bits per heavy atom. The summed E-state index contributed by atoms with van der Waals surface area (Å²) in [5, 5.41) is 3.70. The maximum atomic E-state index is 6.08. The Morgan fingerprint density at radius 1 is 1.32 bits per heavy atom. The van der Waals surface area contributed by atoms with Gasteiger partial charge in [-0.25, -0.2) is 0 Å². The molecule has 1 aromatic rings. The Hall–Kier alpha value is -0.540. The molecule has 106 valence electrons. The van der Waals surface area contributed by atoms with Gasteiger partial charge in [-0.15, -0.1) is 0 Å². The van der Waals surface area contributed by atoms with Crippen molar-refractivity contribution in [2.75, 3.05) is 11.9 Å². The summed E-state index contributed by atoms with van der Waals surface area (Å²) in [6.07, 6.45) is 4.92. The van der Waals surface area contributed by atoms with Crippen LogP contribution in [0.25, 0.3) is 0 Å². The highest BCUT2D eigenvalue weighted by atomic mass is 79.9. The van der Waals surface area contributed by atoms with Crippen molar-refractivity contribution in [3.63, 3.8) is 0 Å². The van der Waals surface area contributed by atoms with Crippen molar-refractivity contribution in [1.82, 2.24) is 0 Å². The zero-order valence-electron chi connectivity index (χ0n) is 12.0. The Kier molecular flexibility index (Phi) is 4.91. The van der Waals surface area contributed by atoms with E-state index in [1.165, 1.54) is 25.7 Å². The van der Waals surface area contributed by atoms with Crippen molar-refractivity contribution in [2.24, 2.45) is 17.6 Å². The van der Waals surface area contributed by atoms with E-state index in [0.717, 1.165) is 22.0 Å². The van der Waals surface area contributed by atoms with Crippen LogP contribution in [-0.2, 0) is 0 Å². The fourth-order valence-corrected chi connectivity index (χ4v) is 3.47. The van der Waals surface area contributed by atoms with E-state index in [2.05, 4.69) is 53.3 Å². The number of rotatable bonds is 4. The molecule has 2 nitrogen and oxygen atoms in total. The molecule has 1 aliphatic carbocycles. The number of benzene rings is 1. The molecular formula is C16H25BrN2. The third-order valence-electron chi connectivity index (χ3n) is 4.59. The first-order chi connectivity index (χ1) is 9.06. The average Bonchev–Trinajstić information content (AvgIpc) is 2.42. The molecule has 3 heteroatoms. The van der Waals surface area contributed by atoms with Crippen LogP contribution >= 0.6 is 15.9 Å². The molecule has 0 radical (unpaired) electrons. The molecule has 1 aliphatic rings. The van der Waals surface area contributed by atoms with Crippen molar-refractivity contribution in [2.45, 2.75) is 45.1 Å². The SMILES string of the molecule is CC(C)C1CCC(CN)(Nc2ccccc2Br)CC1. The molecule has 3 N–H and O–H groups in total. The molecule has 2 rings (SSSR count). The molecule has 0 spiro atoms. The van der Waals surface area contributed by atoms with Crippen molar-refractivity contribution in [3.8, 4) is 0 Å². The Bertz CT molecular complexity index is 409. The number of hydrogen-bond acceptors (Lipinski definition) is 2. The minimum Gasteiger partial charge on any atom is -0.377 e. The zero-order valence-corrected chi connectivity index (χ0v) is 13.5. The lowest BCUT2D eigenvalue weighted by Crippen LogP contribution is -2.48. The van der Waals surface area contributed by atoms with Gasteiger partial charge in [0.25, 0.3) is 0 Å². The van der Waals surface area contributed by atoms with Crippen molar-refractivity contribution in [1.29, 1.82) is 0 Å². The second-order valence-electron chi connectivity index (χ2n) is 6.17. The first kappa shape index (κ1) is 14.9. The third-order valence-corrected chi connectivity index (χ3v) is 5.29. The van der Waals surface area contributed by atoms with Crippen LogP contribution in [0.3, 0.4) is 0 Å². The van der Waals surface area contributed by atoms with E-state index in [4.69, 9.17) is 5.73 Å². The summed E-state index contributed by atoms with van der Waals surface area (Å²) in [6, 6.07) is 8.30. The molecule has 0 atom stereocenters. The number of nitrogens with one attached hydrogen (secondary N) is 1. The van der Waals surface area contributed by atoms with E-state index in [1.807, 2.05) is 6.07 Å². The molecule has 0 amide bonds. The summed E-state index contributed by atoms with van der Waals surface area (Å²) in [5.41, 5.74) is 7.32. The highest BCUT2D eigenvalue weighted by Crippen LogP contribution is 2.38. The smallest absolute Gasteiger partial charge is 0.0496 e. The summed E-state index contributed by atoms with van der Waals surface area (Å²) in [6.45, 7) is 5.38. The van der Waals surface area contributed by atoms with Crippen LogP contribution in [0.2, 0.25) is 0 Å². The van der Waals surface area contributed by atoms with Gasteiger partial charge in [0, 0.05) is 22.2 Å². The fraction of sp³-hybridized carbons (Fsp3) is 0.625. The maximum Gasteiger partial charge on any atom is 0.0496 e. The van der Waals surface area contributed by atoms with Gasteiger partial charge in [-0.05, 0) is 65.6 Å². The van der Waals surface area contributed by atoms with E-state index in [1.54, 1.807) is 0 Å². The van der Waals surface area contributed by atoms with Gasteiger partial charge in [0.15, 0.2) is 0 Å². The summed E-state index contributed by atoms with van der Waals surface area (Å²) in [5.74, 6) is 1.65. The van der Waals surface area contributed by atoms with Crippen LogP contribution in [0.5, 0.6) is 0 Å². The van der Waals surface area contributed by atoms with Gasteiger partial charge in [0.05, 0.1) is 0 Å². The molecule has 19 heavy (non-hydrogen) atoms. The monoisotopic (exact) mass is 324 g/mol. The van der Waals surface area contributed by atoms with Crippen molar-refractivity contribution in [3.05, 3.63) is 28.7 Å². The molecule has 0 bridgehead atoms. The van der Waals surface area contributed by atoms with Crippen LogP contribution in [0.15, 0.2) is 28.7 Å². The molecule has 0 aromatic heterocycles. The number of hydrogen-bond donors (Lipinski definition) is 2. The lowest BCUT2D eigenvalue weighted by molar-refractivity contribution is 0.213. The highest BCUT2D eigenvalue weighted by molar-refractivity contribution is 9.10. The topological polar surface area (TPSA) is 38.0 Å². The fourth-order valence-electron chi connectivity index (χ4n) is 3.09.